The predicted molar refractivity (Wildman–Crippen MR) is 107 cm³/mol. The fourth-order valence-electron chi connectivity index (χ4n) is 2.94. The average Bonchev–Trinajstić information content (AvgIpc) is 3.25. The summed E-state index contributed by atoms with van der Waals surface area (Å²) >= 11 is 0. The second-order valence-corrected chi connectivity index (χ2v) is 6.62. The lowest BCUT2D eigenvalue weighted by Gasteiger charge is -2.10. The molecule has 0 saturated heterocycles. The normalized spacial score (nSPS) is 11.3. The molecule has 31 heavy (non-hydrogen) atoms. The molecule has 0 aliphatic carbocycles. The maximum Gasteiger partial charge on any atom is 0.433 e. The number of carbonyl (C=O) groups is 1. The minimum absolute atomic E-state index is 0.139. The predicted octanol–water partition coefficient (Wildman–Crippen LogP) is 4.28. The van der Waals surface area contributed by atoms with Gasteiger partial charge in [0, 0.05) is 23.5 Å². The summed E-state index contributed by atoms with van der Waals surface area (Å²) in [6.45, 7) is 0.139. The van der Waals surface area contributed by atoms with Gasteiger partial charge in [-0.15, -0.1) is 0 Å². The van der Waals surface area contributed by atoms with Crippen LogP contribution in [0.4, 0.5) is 13.2 Å². The first-order valence-electron chi connectivity index (χ1n) is 9.28. The van der Waals surface area contributed by atoms with Crippen molar-refractivity contribution in [2.75, 3.05) is 0 Å². The number of benzene rings is 1. The molecule has 9 heteroatoms. The summed E-state index contributed by atoms with van der Waals surface area (Å²) in [5, 5.41) is 6.83. The van der Waals surface area contributed by atoms with Crippen molar-refractivity contribution in [3.8, 4) is 16.9 Å². The minimum atomic E-state index is -4.60. The van der Waals surface area contributed by atoms with Crippen molar-refractivity contribution in [3.05, 3.63) is 96.2 Å². The van der Waals surface area contributed by atoms with Crippen LogP contribution in [-0.2, 0) is 12.7 Å². The van der Waals surface area contributed by atoms with Crippen LogP contribution in [0.3, 0.4) is 0 Å². The van der Waals surface area contributed by atoms with Crippen molar-refractivity contribution >= 4 is 5.91 Å². The van der Waals surface area contributed by atoms with Crippen molar-refractivity contribution in [1.29, 1.82) is 0 Å². The SMILES string of the molecule is O=C(NCc1ccc(-n2nc(-c3cccnc3)cc2C(F)(F)F)cn1)c1ccccc1. The highest BCUT2D eigenvalue weighted by atomic mass is 19.4. The number of hydrogen-bond acceptors (Lipinski definition) is 4. The summed E-state index contributed by atoms with van der Waals surface area (Å²) in [5.41, 5.74) is 0.869. The van der Waals surface area contributed by atoms with Crippen LogP contribution >= 0.6 is 0 Å². The van der Waals surface area contributed by atoms with Gasteiger partial charge in [-0.25, -0.2) is 4.68 Å². The molecule has 0 unspecified atom stereocenters. The number of carbonyl (C=O) groups excluding carboxylic acids is 1. The molecule has 0 aliphatic rings. The smallest absolute Gasteiger partial charge is 0.346 e. The first-order valence-corrected chi connectivity index (χ1v) is 9.28. The topological polar surface area (TPSA) is 72.7 Å². The average molecular weight is 423 g/mol. The Kier molecular flexibility index (Phi) is 5.48. The molecule has 3 heterocycles. The number of nitrogens with one attached hydrogen (secondary N) is 1. The molecule has 0 atom stereocenters. The molecule has 0 radical (unpaired) electrons. The molecule has 4 rings (SSSR count). The minimum Gasteiger partial charge on any atom is -0.346 e. The first-order chi connectivity index (χ1) is 14.9. The monoisotopic (exact) mass is 423 g/mol. The van der Waals surface area contributed by atoms with E-state index in [-0.39, 0.29) is 23.8 Å². The number of alkyl halides is 3. The van der Waals surface area contributed by atoms with Gasteiger partial charge in [0.2, 0.25) is 0 Å². The molecule has 0 fully saturated rings. The van der Waals surface area contributed by atoms with Crippen LogP contribution in [0.5, 0.6) is 0 Å². The van der Waals surface area contributed by atoms with Crippen LogP contribution in [0.25, 0.3) is 16.9 Å². The number of hydrogen-bond donors (Lipinski definition) is 1. The Morgan fingerprint density at radius 2 is 1.81 bits per heavy atom. The Morgan fingerprint density at radius 3 is 2.45 bits per heavy atom. The van der Waals surface area contributed by atoms with Crippen molar-refractivity contribution in [2.45, 2.75) is 12.7 Å². The summed E-state index contributed by atoms with van der Waals surface area (Å²) in [6.07, 6.45) is -0.330. The zero-order valence-corrected chi connectivity index (χ0v) is 16.0. The van der Waals surface area contributed by atoms with Gasteiger partial charge in [-0.3, -0.25) is 14.8 Å². The third-order valence-corrected chi connectivity index (χ3v) is 4.48. The van der Waals surface area contributed by atoms with Gasteiger partial charge in [0.15, 0.2) is 0 Å². The van der Waals surface area contributed by atoms with Gasteiger partial charge in [-0.1, -0.05) is 18.2 Å². The van der Waals surface area contributed by atoms with E-state index >= 15 is 0 Å². The highest BCUT2D eigenvalue weighted by Crippen LogP contribution is 2.33. The Balaban J connectivity index is 1.56. The highest BCUT2D eigenvalue weighted by molar-refractivity contribution is 5.94. The van der Waals surface area contributed by atoms with Gasteiger partial charge in [0.1, 0.15) is 5.69 Å². The third-order valence-electron chi connectivity index (χ3n) is 4.48. The van der Waals surface area contributed by atoms with Crippen molar-refractivity contribution in [1.82, 2.24) is 25.1 Å². The fourth-order valence-corrected chi connectivity index (χ4v) is 2.94. The maximum atomic E-state index is 13.6. The number of pyridine rings is 2. The maximum absolute atomic E-state index is 13.6. The molecule has 1 N–H and O–H groups in total. The molecule has 156 valence electrons. The van der Waals surface area contributed by atoms with E-state index < -0.39 is 11.9 Å². The van der Waals surface area contributed by atoms with Crippen LogP contribution in [0.15, 0.2) is 79.3 Å². The summed E-state index contributed by atoms with van der Waals surface area (Å²) in [7, 11) is 0. The van der Waals surface area contributed by atoms with Crippen molar-refractivity contribution in [3.63, 3.8) is 0 Å². The number of aromatic nitrogens is 4. The van der Waals surface area contributed by atoms with Crippen LogP contribution in [0.1, 0.15) is 21.7 Å². The van der Waals surface area contributed by atoms with E-state index in [1.54, 1.807) is 48.5 Å². The van der Waals surface area contributed by atoms with Gasteiger partial charge in [-0.05, 0) is 42.5 Å². The quantitative estimate of drug-likeness (QED) is 0.520. The van der Waals surface area contributed by atoms with Crippen LogP contribution in [0.2, 0.25) is 0 Å². The molecule has 0 aliphatic heterocycles. The Labute approximate surface area is 175 Å². The zero-order chi connectivity index (χ0) is 21.8. The van der Waals surface area contributed by atoms with E-state index in [4.69, 9.17) is 0 Å². The highest BCUT2D eigenvalue weighted by Gasteiger charge is 2.36. The van der Waals surface area contributed by atoms with E-state index in [1.165, 1.54) is 24.7 Å². The second kappa shape index (κ2) is 8.39. The van der Waals surface area contributed by atoms with E-state index in [2.05, 4.69) is 20.4 Å². The zero-order valence-electron chi connectivity index (χ0n) is 16.0. The Bertz CT molecular complexity index is 1170. The van der Waals surface area contributed by atoms with Crippen LogP contribution < -0.4 is 5.32 Å². The molecule has 1 aromatic carbocycles. The summed E-state index contributed by atoms with van der Waals surface area (Å²) in [5.74, 6) is -0.265. The molecular weight excluding hydrogens is 407 g/mol. The van der Waals surface area contributed by atoms with Crippen LogP contribution in [-0.4, -0.2) is 25.7 Å². The summed E-state index contributed by atoms with van der Waals surface area (Å²) in [4.78, 5) is 20.2. The van der Waals surface area contributed by atoms with E-state index in [0.717, 1.165) is 10.7 Å². The number of rotatable bonds is 5. The molecule has 1 amide bonds. The standard InChI is InChI=1S/C22H16F3N5O/c23-22(24,25)20-11-19(16-7-4-10-26-12-16)29-30(20)18-9-8-17(27-14-18)13-28-21(31)15-5-2-1-3-6-15/h1-12,14H,13H2,(H,28,31). The molecule has 4 aromatic rings. The lowest BCUT2D eigenvalue weighted by molar-refractivity contribution is -0.142. The summed E-state index contributed by atoms with van der Waals surface area (Å²) < 4.78 is 41.5. The van der Waals surface area contributed by atoms with Gasteiger partial charge in [0.25, 0.3) is 5.91 Å². The summed E-state index contributed by atoms with van der Waals surface area (Å²) in [6, 6.07) is 15.9. The second-order valence-electron chi connectivity index (χ2n) is 6.62. The van der Waals surface area contributed by atoms with E-state index in [1.807, 2.05) is 0 Å². The molecule has 0 saturated carbocycles. The van der Waals surface area contributed by atoms with E-state index in [9.17, 15) is 18.0 Å². The van der Waals surface area contributed by atoms with E-state index in [0.29, 0.717) is 16.8 Å². The largest absolute Gasteiger partial charge is 0.433 e. The Morgan fingerprint density at radius 1 is 1.00 bits per heavy atom. The van der Waals surface area contributed by atoms with Gasteiger partial charge >= 0.3 is 6.18 Å². The van der Waals surface area contributed by atoms with Crippen LogP contribution in [0, 0.1) is 0 Å². The first kappa shape index (κ1) is 20.3. The van der Waals surface area contributed by atoms with Gasteiger partial charge in [0.05, 0.1) is 29.8 Å². The van der Waals surface area contributed by atoms with Gasteiger partial charge in [-0.2, -0.15) is 18.3 Å². The molecular formula is C22H16F3N5O. The molecule has 0 bridgehead atoms. The fraction of sp³-hybridized carbons (Fsp3) is 0.0909. The number of nitrogens with zero attached hydrogens (tertiary/aromatic N) is 4. The Hall–Kier alpha value is -4.01. The van der Waals surface area contributed by atoms with Crippen molar-refractivity contribution in [2.24, 2.45) is 0 Å². The van der Waals surface area contributed by atoms with Crippen molar-refractivity contribution < 1.29 is 18.0 Å². The molecule has 3 aromatic heterocycles. The lowest BCUT2D eigenvalue weighted by Crippen LogP contribution is -2.23. The molecule has 0 spiro atoms. The third kappa shape index (κ3) is 4.61. The lowest BCUT2D eigenvalue weighted by atomic mass is 10.2. The van der Waals surface area contributed by atoms with Gasteiger partial charge < -0.3 is 5.32 Å². The molecule has 6 nitrogen and oxygen atoms in total. The number of amides is 1. The number of halogens is 3.